The highest BCUT2D eigenvalue weighted by Crippen LogP contribution is 2.46. The predicted octanol–water partition coefficient (Wildman–Crippen LogP) is 4.13. The van der Waals surface area contributed by atoms with Gasteiger partial charge in [0.1, 0.15) is 17.0 Å². The number of rotatable bonds is 4. The maximum absolute atomic E-state index is 11.7. The molecular formula is C22H35IN4O3. The summed E-state index contributed by atoms with van der Waals surface area (Å²) in [6.07, 6.45) is 5.16. The smallest absolute Gasteiger partial charge is 0.407 e. The van der Waals surface area contributed by atoms with Crippen LogP contribution in [0.2, 0.25) is 0 Å². The quantitative estimate of drug-likeness (QED) is 0.236. The lowest BCUT2D eigenvalue weighted by Crippen LogP contribution is -2.47. The number of hydrogen-bond donors (Lipinski definition) is 3. The van der Waals surface area contributed by atoms with Gasteiger partial charge in [-0.2, -0.15) is 0 Å². The zero-order valence-corrected chi connectivity index (χ0v) is 20.7. The maximum atomic E-state index is 11.7. The third-order valence-corrected chi connectivity index (χ3v) is 5.33. The van der Waals surface area contributed by atoms with E-state index in [0.29, 0.717) is 19.0 Å². The van der Waals surface area contributed by atoms with Crippen LogP contribution in [-0.4, -0.2) is 43.4 Å². The van der Waals surface area contributed by atoms with E-state index < -0.39 is 11.7 Å². The number of ether oxygens (including phenoxy) is 2. The highest BCUT2D eigenvalue weighted by Gasteiger charge is 2.43. The zero-order valence-electron chi connectivity index (χ0n) is 18.4. The van der Waals surface area contributed by atoms with E-state index >= 15 is 0 Å². The van der Waals surface area contributed by atoms with Crippen molar-refractivity contribution >= 4 is 36.0 Å². The molecule has 30 heavy (non-hydrogen) atoms. The van der Waals surface area contributed by atoms with E-state index in [1.54, 1.807) is 7.05 Å². The Hall–Kier alpha value is -1.71. The average Bonchev–Trinajstić information content (AvgIpc) is 3.10. The molecule has 1 aromatic rings. The molecule has 3 rings (SSSR count). The van der Waals surface area contributed by atoms with E-state index in [2.05, 4.69) is 33.1 Å². The van der Waals surface area contributed by atoms with Crippen molar-refractivity contribution in [2.45, 2.75) is 70.1 Å². The standard InChI is InChI=1S/C22H34N4O3.HI/c1-21(2,3)29-20(27)25-14-13-24-19(23-4)26-17-15-22(11-7-8-12-22)28-18-10-6-5-9-16(17)18;/h5-6,9-10,17H,7-8,11-15H2,1-4H3,(H,25,27)(H2,23,24,26);1H. The number of guanidine groups is 1. The molecule has 1 fully saturated rings. The Kier molecular flexibility index (Phi) is 8.63. The second-order valence-electron chi connectivity index (χ2n) is 8.86. The molecule has 0 aromatic heterocycles. The third kappa shape index (κ3) is 6.65. The fourth-order valence-electron chi connectivity index (χ4n) is 4.09. The second kappa shape index (κ2) is 10.5. The number of hydrogen-bond acceptors (Lipinski definition) is 4. The molecule has 1 aliphatic heterocycles. The van der Waals surface area contributed by atoms with Crippen LogP contribution in [-0.2, 0) is 4.74 Å². The van der Waals surface area contributed by atoms with E-state index in [-0.39, 0.29) is 35.6 Å². The monoisotopic (exact) mass is 530 g/mol. The highest BCUT2D eigenvalue weighted by molar-refractivity contribution is 14.0. The molecule has 0 saturated heterocycles. The number of halogens is 1. The number of alkyl carbamates (subject to hydrolysis) is 1. The van der Waals surface area contributed by atoms with Crippen molar-refractivity contribution in [2.24, 2.45) is 4.99 Å². The molecule has 0 bridgehead atoms. The van der Waals surface area contributed by atoms with Crippen molar-refractivity contribution in [1.29, 1.82) is 0 Å². The van der Waals surface area contributed by atoms with Gasteiger partial charge in [-0.1, -0.05) is 18.2 Å². The Morgan fingerprint density at radius 2 is 1.87 bits per heavy atom. The fourth-order valence-corrected chi connectivity index (χ4v) is 4.09. The number of carbonyl (C=O) groups excluding carboxylic acids is 1. The predicted molar refractivity (Wildman–Crippen MR) is 130 cm³/mol. The van der Waals surface area contributed by atoms with E-state index in [9.17, 15) is 4.79 Å². The topological polar surface area (TPSA) is 84.0 Å². The highest BCUT2D eigenvalue weighted by atomic mass is 127. The molecule has 1 aromatic carbocycles. The molecule has 1 unspecified atom stereocenters. The lowest BCUT2D eigenvalue weighted by molar-refractivity contribution is 0.0395. The molecule has 1 amide bonds. The average molecular weight is 530 g/mol. The van der Waals surface area contributed by atoms with Crippen LogP contribution in [0.1, 0.15) is 64.5 Å². The van der Waals surface area contributed by atoms with Crippen molar-refractivity contribution in [3.05, 3.63) is 29.8 Å². The minimum absolute atomic E-state index is 0. The first-order chi connectivity index (χ1) is 13.8. The molecule has 1 saturated carbocycles. The van der Waals surface area contributed by atoms with Gasteiger partial charge < -0.3 is 25.4 Å². The molecule has 1 aliphatic carbocycles. The van der Waals surface area contributed by atoms with Crippen LogP contribution in [0.25, 0.3) is 0 Å². The van der Waals surface area contributed by atoms with Gasteiger partial charge in [0, 0.05) is 32.1 Å². The molecule has 1 atom stereocenters. The van der Waals surface area contributed by atoms with Gasteiger partial charge in [-0.05, 0) is 52.5 Å². The van der Waals surface area contributed by atoms with Gasteiger partial charge in [0.05, 0.1) is 6.04 Å². The molecule has 168 valence electrons. The zero-order chi connectivity index (χ0) is 20.9. The molecule has 8 heteroatoms. The molecule has 1 spiro atoms. The van der Waals surface area contributed by atoms with Gasteiger partial charge in [-0.25, -0.2) is 4.79 Å². The number of nitrogens with one attached hydrogen (secondary N) is 3. The molecule has 0 radical (unpaired) electrons. The first-order valence-electron chi connectivity index (χ1n) is 10.5. The van der Waals surface area contributed by atoms with Crippen LogP contribution in [0.3, 0.4) is 0 Å². The van der Waals surface area contributed by atoms with Crippen LogP contribution in [0.5, 0.6) is 5.75 Å². The van der Waals surface area contributed by atoms with Crippen molar-refractivity contribution < 1.29 is 14.3 Å². The first-order valence-corrected chi connectivity index (χ1v) is 10.5. The Morgan fingerprint density at radius 1 is 1.20 bits per heavy atom. The van der Waals surface area contributed by atoms with E-state index in [1.165, 1.54) is 18.4 Å². The van der Waals surface area contributed by atoms with Gasteiger partial charge >= 0.3 is 6.09 Å². The number of aliphatic imine (C=N–C) groups is 1. The van der Waals surface area contributed by atoms with Gasteiger partial charge in [0.25, 0.3) is 0 Å². The van der Waals surface area contributed by atoms with Crippen LogP contribution in [0.4, 0.5) is 4.79 Å². The SMILES string of the molecule is CN=C(NCCNC(=O)OC(C)(C)C)NC1CC2(CCCC2)Oc2ccccc21.I. The summed E-state index contributed by atoms with van der Waals surface area (Å²) in [5.74, 6) is 1.69. The van der Waals surface area contributed by atoms with Crippen LogP contribution < -0.4 is 20.7 Å². The van der Waals surface area contributed by atoms with Crippen LogP contribution in [0, 0.1) is 0 Å². The van der Waals surface area contributed by atoms with Gasteiger partial charge in [0.15, 0.2) is 5.96 Å². The molecule has 7 nitrogen and oxygen atoms in total. The summed E-state index contributed by atoms with van der Waals surface area (Å²) in [5.41, 5.74) is 0.602. The number of fused-ring (bicyclic) bond motifs is 1. The minimum atomic E-state index is -0.498. The summed E-state index contributed by atoms with van der Waals surface area (Å²) < 4.78 is 11.7. The Balaban J connectivity index is 0.00000320. The summed E-state index contributed by atoms with van der Waals surface area (Å²) >= 11 is 0. The van der Waals surface area contributed by atoms with Gasteiger partial charge in [-0.15, -0.1) is 24.0 Å². The summed E-state index contributed by atoms with van der Waals surface area (Å²) in [4.78, 5) is 16.1. The van der Waals surface area contributed by atoms with Crippen molar-refractivity contribution in [1.82, 2.24) is 16.0 Å². The lowest BCUT2D eigenvalue weighted by atomic mass is 9.86. The summed E-state index contributed by atoms with van der Waals surface area (Å²) in [6.45, 7) is 6.54. The van der Waals surface area contributed by atoms with Crippen molar-refractivity contribution in [2.75, 3.05) is 20.1 Å². The third-order valence-electron chi connectivity index (χ3n) is 5.33. The number of para-hydroxylation sites is 1. The van der Waals surface area contributed by atoms with E-state index in [0.717, 1.165) is 25.0 Å². The molecular weight excluding hydrogens is 495 g/mol. The lowest BCUT2D eigenvalue weighted by Gasteiger charge is -2.40. The Bertz CT molecular complexity index is 742. The largest absolute Gasteiger partial charge is 0.487 e. The van der Waals surface area contributed by atoms with Gasteiger partial charge in [-0.3, -0.25) is 4.99 Å². The molecule has 2 aliphatic rings. The van der Waals surface area contributed by atoms with Gasteiger partial charge in [0.2, 0.25) is 0 Å². The summed E-state index contributed by atoms with van der Waals surface area (Å²) in [5, 5.41) is 9.58. The number of benzene rings is 1. The summed E-state index contributed by atoms with van der Waals surface area (Å²) in [6, 6.07) is 8.39. The number of amides is 1. The Morgan fingerprint density at radius 3 is 2.53 bits per heavy atom. The summed E-state index contributed by atoms with van der Waals surface area (Å²) in [7, 11) is 1.76. The number of carbonyl (C=O) groups is 1. The maximum Gasteiger partial charge on any atom is 0.407 e. The molecule has 3 N–H and O–H groups in total. The van der Waals surface area contributed by atoms with Crippen molar-refractivity contribution in [3.8, 4) is 5.75 Å². The second-order valence-corrected chi connectivity index (χ2v) is 8.86. The Labute approximate surface area is 196 Å². The van der Waals surface area contributed by atoms with E-state index in [4.69, 9.17) is 9.47 Å². The normalized spacial score (nSPS) is 19.9. The van der Waals surface area contributed by atoms with E-state index in [1.807, 2.05) is 32.9 Å². The number of nitrogens with zero attached hydrogens (tertiary/aromatic N) is 1. The minimum Gasteiger partial charge on any atom is -0.487 e. The first kappa shape index (κ1) is 24.6. The fraction of sp³-hybridized carbons (Fsp3) is 0.636. The van der Waals surface area contributed by atoms with Crippen molar-refractivity contribution in [3.63, 3.8) is 0 Å². The van der Waals surface area contributed by atoms with Crippen LogP contribution in [0.15, 0.2) is 29.3 Å². The molecule has 1 heterocycles. The van der Waals surface area contributed by atoms with Crippen LogP contribution >= 0.6 is 24.0 Å².